The van der Waals surface area contributed by atoms with Crippen LogP contribution in [0.2, 0.25) is 0 Å². The van der Waals surface area contributed by atoms with Crippen LogP contribution in [0.15, 0.2) is 18.5 Å². The van der Waals surface area contributed by atoms with Crippen LogP contribution < -0.4 is 5.32 Å². The van der Waals surface area contributed by atoms with Gasteiger partial charge >= 0.3 is 0 Å². The molecule has 1 spiro atoms. The number of pyridine rings is 1. The van der Waals surface area contributed by atoms with E-state index in [4.69, 9.17) is 0 Å². The van der Waals surface area contributed by atoms with E-state index in [1.54, 1.807) is 0 Å². The van der Waals surface area contributed by atoms with Crippen LogP contribution in [0.5, 0.6) is 0 Å². The summed E-state index contributed by atoms with van der Waals surface area (Å²) in [7, 11) is 0. The third kappa shape index (κ3) is 3.46. The van der Waals surface area contributed by atoms with Crippen molar-refractivity contribution in [3.05, 3.63) is 29.6 Å². The van der Waals surface area contributed by atoms with E-state index in [0.29, 0.717) is 11.6 Å². The third-order valence-corrected chi connectivity index (χ3v) is 5.33. The predicted octanol–water partition coefficient (Wildman–Crippen LogP) is 3.28. The average Bonchev–Trinajstić information content (AvgIpc) is 2.48. The molecule has 3 heteroatoms. The molecule has 2 aliphatic rings. The lowest BCUT2D eigenvalue weighted by atomic mass is 9.79. The van der Waals surface area contributed by atoms with Gasteiger partial charge in [0.25, 0.3) is 0 Å². The van der Waals surface area contributed by atoms with E-state index >= 15 is 0 Å². The van der Waals surface area contributed by atoms with Crippen LogP contribution in [0, 0.1) is 6.92 Å². The van der Waals surface area contributed by atoms with Crippen LogP contribution in [0.1, 0.15) is 56.6 Å². The molecule has 0 radical (unpaired) electrons. The number of rotatable bonds is 3. The quantitative estimate of drug-likeness (QED) is 0.925. The fraction of sp³-hybridized carbons (Fsp3) is 0.722. The van der Waals surface area contributed by atoms with Gasteiger partial charge in [-0.2, -0.15) is 0 Å². The Hall–Kier alpha value is -0.930. The van der Waals surface area contributed by atoms with Crippen LogP contribution in [0.25, 0.3) is 0 Å². The molecule has 116 valence electrons. The summed E-state index contributed by atoms with van der Waals surface area (Å²) in [5.74, 6) is 0. The van der Waals surface area contributed by atoms with Gasteiger partial charge < -0.3 is 5.32 Å². The first-order chi connectivity index (χ1) is 10.2. The van der Waals surface area contributed by atoms with Crippen molar-refractivity contribution in [1.29, 1.82) is 0 Å². The standard InChI is InChI=1S/C18H29N3/c1-3-17-12-20-18(7-5-4-6-8-18)14-21(17)13-16-9-15(2)10-19-11-16/h9-11,17,20H,3-8,12-14H2,1-2H3. The van der Waals surface area contributed by atoms with Crippen LogP contribution in [0.3, 0.4) is 0 Å². The van der Waals surface area contributed by atoms with Crippen molar-refractivity contribution < 1.29 is 0 Å². The fourth-order valence-electron chi connectivity index (χ4n) is 4.13. The van der Waals surface area contributed by atoms with E-state index in [1.165, 1.54) is 56.2 Å². The molecule has 1 aliphatic heterocycles. The average molecular weight is 287 g/mol. The molecule has 0 amide bonds. The first-order valence-electron chi connectivity index (χ1n) is 8.60. The molecule has 2 heterocycles. The molecule has 3 nitrogen and oxygen atoms in total. The van der Waals surface area contributed by atoms with Gasteiger partial charge in [0.1, 0.15) is 0 Å². The van der Waals surface area contributed by atoms with E-state index in [0.717, 1.165) is 13.1 Å². The number of aryl methyl sites for hydroxylation is 1. The Bertz CT molecular complexity index is 465. The highest BCUT2D eigenvalue weighted by molar-refractivity contribution is 5.17. The molecule has 1 N–H and O–H groups in total. The van der Waals surface area contributed by atoms with E-state index in [2.05, 4.69) is 35.1 Å². The highest BCUT2D eigenvalue weighted by Crippen LogP contribution is 2.32. The summed E-state index contributed by atoms with van der Waals surface area (Å²) in [6.45, 7) is 7.85. The first kappa shape index (κ1) is 15.0. The zero-order valence-corrected chi connectivity index (χ0v) is 13.6. The van der Waals surface area contributed by atoms with Crippen molar-refractivity contribution in [2.24, 2.45) is 0 Å². The minimum Gasteiger partial charge on any atom is -0.308 e. The van der Waals surface area contributed by atoms with Gasteiger partial charge in [-0.3, -0.25) is 9.88 Å². The number of nitrogens with zero attached hydrogens (tertiary/aromatic N) is 2. The summed E-state index contributed by atoms with van der Waals surface area (Å²) in [5.41, 5.74) is 3.02. The van der Waals surface area contributed by atoms with Crippen molar-refractivity contribution >= 4 is 0 Å². The summed E-state index contributed by atoms with van der Waals surface area (Å²) in [6.07, 6.45) is 12.1. The second kappa shape index (κ2) is 6.45. The molecule has 1 aliphatic carbocycles. The molecule has 21 heavy (non-hydrogen) atoms. The smallest absolute Gasteiger partial charge is 0.0313 e. The topological polar surface area (TPSA) is 28.2 Å². The molecule has 1 saturated heterocycles. The van der Waals surface area contributed by atoms with Gasteiger partial charge in [-0.1, -0.05) is 32.3 Å². The summed E-state index contributed by atoms with van der Waals surface area (Å²) < 4.78 is 0. The third-order valence-electron chi connectivity index (χ3n) is 5.33. The van der Waals surface area contributed by atoms with E-state index in [9.17, 15) is 0 Å². The molecule has 1 aromatic heterocycles. The lowest BCUT2D eigenvalue weighted by Crippen LogP contribution is -2.64. The van der Waals surface area contributed by atoms with E-state index < -0.39 is 0 Å². The Morgan fingerprint density at radius 3 is 2.81 bits per heavy atom. The van der Waals surface area contributed by atoms with Gasteiger partial charge in [0.15, 0.2) is 0 Å². The second-order valence-corrected chi connectivity index (χ2v) is 7.06. The van der Waals surface area contributed by atoms with Gasteiger partial charge in [0.2, 0.25) is 0 Å². The largest absolute Gasteiger partial charge is 0.308 e. The monoisotopic (exact) mass is 287 g/mol. The first-order valence-corrected chi connectivity index (χ1v) is 8.60. The fourth-order valence-corrected chi connectivity index (χ4v) is 4.13. The maximum atomic E-state index is 4.36. The number of hydrogen-bond donors (Lipinski definition) is 1. The summed E-state index contributed by atoms with van der Waals surface area (Å²) in [6, 6.07) is 2.95. The highest BCUT2D eigenvalue weighted by Gasteiger charge is 2.39. The highest BCUT2D eigenvalue weighted by atomic mass is 15.3. The lowest BCUT2D eigenvalue weighted by Gasteiger charge is -2.49. The SMILES string of the molecule is CCC1CNC2(CCCCC2)CN1Cc1cncc(C)c1. The second-order valence-electron chi connectivity index (χ2n) is 7.06. The van der Waals surface area contributed by atoms with Crippen molar-refractivity contribution in [1.82, 2.24) is 15.2 Å². The molecule has 1 atom stereocenters. The summed E-state index contributed by atoms with van der Waals surface area (Å²) >= 11 is 0. The molecule has 2 fully saturated rings. The van der Waals surface area contributed by atoms with Gasteiger partial charge in [-0.15, -0.1) is 0 Å². The van der Waals surface area contributed by atoms with E-state index in [1.807, 2.05) is 12.4 Å². The van der Waals surface area contributed by atoms with Gasteiger partial charge in [-0.05, 0) is 37.3 Å². The van der Waals surface area contributed by atoms with Gasteiger partial charge in [0, 0.05) is 43.6 Å². The minimum atomic E-state index is 0.390. The molecular formula is C18H29N3. The zero-order valence-electron chi connectivity index (χ0n) is 13.6. The molecule has 1 aromatic rings. The van der Waals surface area contributed by atoms with Gasteiger partial charge in [0.05, 0.1) is 0 Å². The Balaban J connectivity index is 1.73. The van der Waals surface area contributed by atoms with Crippen molar-refractivity contribution in [3.8, 4) is 0 Å². The van der Waals surface area contributed by atoms with Crippen molar-refractivity contribution in [3.63, 3.8) is 0 Å². The van der Waals surface area contributed by atoms with Crippen LogP contribution >= 0.6 is 0 Å². The Kier molecular flexibility index (Phi) is 4.60. The Morgan fingerprint density at radius 2 is 2.10 bits per heavy atom. The molecule has 0 aromatic carbocycles. The Labute approximate surface area is 129 Å². The molecular weight excluding hydrogens is 258 g/mol. The molecule has 3 rings (SSSR count). The minimum absolute atomic E-state index is 0.390. The number of hydrogen-bond acceptors (Lipinski definition) is 3. The maximum Gasteiger partial charge on any atom is 0.0313 e. The normalized spacial score (nSPS) is 26.1. The number of aromatic nitrogens is 1. The molecule has 1 saturated carbocycles. The molecule has 1 unspecified atom stereocenters. The van der Waals surface area contributed by atoms with Crippen LogP contribution in [0.4, 0.5) is 0 Å². The van der Waals surface area contributed by atoms with Crippen molar-refractivity contribution in [2.75, 3.05) is 13.1 Å². The maximum absolute atomic E-state index is 4.36. The predicted molar refractivity (Wildman–Crippen MR) is 87.3 cm³/mol. The van der Waals surface area contributed by atoms with Crippen molar-refractivity contribution in [2.45, 2.75) is 70.5 Å². The molecule has 0 bridgehead atoms. The van der Waals surface area contributed by atoms with Crippen LogP contribution in [-0.2, 0) is 6.54 Å². The number of piperazine rings is 1. The summed E-state index contributed by atoms with van der Waals surface area (Å²) in [4.78, 5) is 7.07. The zero-order chi connectivity index (χ0) is 14.7. The summed E-state index contributed by atoms with van der Waals surface area (Å²) in [5, 5.41) is 3.91. The lowest BCUT2D eigenvalue weighted by molar-refractivity contribution is 0.0483. The Morgan fingerprint density at radius 1 is 1.29 bits per heavy atom. The number of nitrogens with one attached hydrogen (secondary N) is 1. The van der Waals surface area contributed by atoms with Gasteiger partial charge in [-0.25, -0.2) is 0 Å². The van der Waals surface area contributed by atoms with E-state index in [-0.39, 0.29) is 0 Å². The van der Waals surface area contributed by atoms with Crippen LogP contribution in [-0.4, -0.2) is 34.6 Å².